The van der Waals surface area contributed by atoms with Crippen molar-refractivity contribution in [3.8, 4) is 11.5 Å². The van der Waals surface area contributed by atoms with Crippen LogP contribution in [0, 0.1) is 13.8 Å². The van der Waals surface area contributed by atoms with Gasteiger partial charge in [-0.25, -0.2) is 8.42 Å². The molecule has 11 heteroatoms. The maximum Gasteiger partial charge on any atom is 0.243 e. The summed E-state index contributed by atoms with van der Waals surface area (Å²) in [6.07, 6.45) is 2.32. The second-order valence-corrected chi connectivity index (χ2v) is 12.9. The number of fused-ring (bicyclic) bond motifs is 2. The van der Waals surface area contributed by atoms with E-state index in [4.69, 9.17) is 21.1 Å². The highest BCUT2D eigenvalue weighted by molar-refractivity contribution is 7.89. The van der Waals surface area contributed by atoms with Crippen LogP contribution in [-0.2, 0) is 10.0 Å². The summed E-state index contributed by atoms with van der Waals surface area (Å²) >= 11 is 6.27. The zero-order valence-electron chi connectivity index (χ0n) is 25.2. The fourth-order valence-electron chi connectivity index (χ4n) is 5.19. The van der Waals surface area contributed by atoms with Crippen molar-refractivity contribution in [2.75, 3.05) is 51.0 Å². The van der Waals surface area contributed by atoms with Gasteiger partial charge in [-0.15, -0.1) is 0 Å². The van der Waals surface area contributed by atoms with Gasteiger partial charge < -0.3 is 20.1 Å². The summed E-state index contributed by atoms with van der Waals surface area (Å²) in [5.41, 5.74) is 5.29. The van der Waals surface area contributed by atoms with Crippen molar-refractivity contribution in [3.63, 3.8) is 0 Å². The van der Waals surface area contributed by atoms with Gasteiger partial charge in [0.1, 0.15) is 17.0 Å². The third-order valence-corrected chi connectivity index (χ3v) is 9.49. The van der Waals surface area contributed by atoms with Crippen LogP contribution in [0.2, 0.25) is 5.02 Å². The van der Waals surface area contributed by atoms with Crippen LogP contribution in [0.5, 0.6) is 11.5 Å². The maximum atomic E-state index is 13.8. The van der Waals surface area contributed by atoms with E-state index in [-0.39, 0.29) is 11.4 Å². The van der Waals surface area contributed by atoms with Crippen LogP contribution in [0.15, 0.2) is 77.8 Å². The largest absolute Gasteiger partial charge is 0.497 e. The summed E-state index contributed by atoms with van der Waals surface area (Å²) in [4.78, 5) is 9.30. The molecule has 2 heterocycles. The molecule has 0 aliphatic heterocycles. The predicted octanol–water partition coefficient (Wildman–Crippen LogP) is 6.68. The standard InChI is InChI=1S/C33H36ClN5O4S/c1-22-18-28-29(12-14-37-33(28)32(19-22)43-4)35-13-5-16-39(44(40,41)26-9-7-25(42-3)8-10-26)17-15-36-31-20-23(2)38-30-11-6-24(34)21-27(30)31/h6-12,14,18-21H,5,13,15-17H2,1-4H3,(H,35,37)(H,36,38). The van der Waals surface area contributed by atoms with Crippen molar-refractivity contribution in [2.24, 2.45) is 0 Å². The van der Waals surface area contributed by atoms with E-state index in [0.717, 1.165) is 44.4 Å². The fourth-order valence-corrected chi connectivity index (χ4v) is 6.84. The number of nitrogens with zero attached hydrogens (tertiary/aromatic N) is 3. The van der Waals surface area contributed by atoms with Crippen LogP contribution in [0.4, 0.5) is 11.4 Å². The van der Waals surface area contributed by atoms with Gasteiger partial charge in [0.05, 0.1) is 24.6 Å². The van der Waals surface area contributed by atoms with Crippen molar-refractivity contribution >= 4 is 54.8 Å². The molecule has 0 aliphatic rings. The van der Waals surface area contributed by atoms with Gasteiger partial charge in [-0.05, 0) is 92.6 Å². The lowest BCUT2D eigenvalue weighted by atomic mass is 10.1. The molecule has 0 amide bonds. The Morgan fingerprint density at radius 1 is 0.841 bits per heavy atom. The van der Waals surface area contributed by atoms with Gasteiger partial charge in [0, 0.05) is 65.2 Å². The number of aryl methyl sites for hydroxylation is 2. The number of sulfonamides is 1. The molecule has 5 aromatic rings. The van der Waals surface area contributed by atoms with Crippen molar-refractivity contribution in [1.82, 2.24) is 14.3 Å². The van der Waals surface area contributed by atoms with Crippen LogP contribution < -0.4 is 20.1 Å². The molecule has 2 N–H and O–H groups in total. The Balaban J connectivity index is 1.32. The summed E-state index contributed by atoms with van der Waals surface area (Å²) in [6.45, 7) is 5.46. The molecule has 44 heavy (non-hydrogen) atoms. The molecule has 0 spiro atoms. The molecule has 0 radical (unpaired) electrons. The maximum absolute atomic E-state index is 13.8. The number of ether oxygens (including phenoxy) is 2. The molecule has 2 aromatic heterocycles. The average molecular weight is 634 g/mol. The molecule has 9 nitrogen and oxygen atoms in total. The quantitative estimate of drug-likeness (QED) is 0.138. The monoisotopic (exact) mass is 633 g/mol. The first kappa shape index (κ1) is 31.3. The Morgan fingerprint density at radius 3 is 2.36 bits per heavy atom. The van der Waals surface area contributed by atoms with Gasteiger partial charge in [-0.2, -0.15) is 4.31 Å². The molecule has 0 bridgehead atoms. The van der Waals surface area contributed by atoms with E-state index in [2.05, 4.69) is 26.7 Å². The molecule has 0 saturated carbocycles. The van der Waals surface area contributed by atoms with Crippen LogP contribution in [-0.4, -0.2) is 63.1 Å². The zero-order valence-corrected chi connectivity index (χ0v) is 26.8. The van der Waals surface area contributed by atoms with E-state index in [0.29, 0.717) is 42.6 Å². The summed E-state index contributed by atoms with van der Waals surface area (Å²) in [5.74, 6) is 1.31. The first-order valence-electron chi connectivity index (χ1n) is 14.3. The lowest BCUT2D eigenvalue weighted by molar-refractivity contribution is 0.412. The normalized spacial score (nSPS) is 11.7. The zero-order chi connectivity index (χ0) is 31.3. The summed E-state index contributed by atoms with van der Waals surface area (Å²) in [5, 5.41) is 9.34. The summed E-state index contributed by atoms with van der Waals surface area (Å²) in [6, 6.07) is 19.9. The Hall–Kier alpha value is -4.12. The number of pyridine rings is 2. The molecule has 230 valence electrons. The molecular weight excluding hydrogens is 598 g/mol. The van der Waals surface area contributed by atoms with Crippen molar-refractivity contribution in [1.29, 1.82) is 0 Å². The van der Waals surface area contributed by atoms with E-state index in [1.807, 2.05) is 50.2 Å². The highest BCUT2D eigenvalue weighted by atomic mass is 35.5. The minimum absolute atomic E-state index is 0.214. The number of hydrogen-bond donors (Lipinski definition) is 2. The first-order chi connectivity index (χ1) is 21.2. The number of rotatable bonds is 13. The minimum Gasteiger partial charge on any atom is -0.497 e. The molecule has 0 aliphatic carbocycles. The van der Waals surface area contributed by atoms with Crippen LogP contribution in [0.25, 0.3) is 21.8 Å². The Bertz CT molecular complexity index is 1880. The molecule has 0 unspecified atom stereocenters. The second kappa shape index (κ2) is 13.7. The fraction of sp³-hybridized carbons (Fsp3) is 0.273. The van der Waals surface area contributed by atoms with Gasteiger partial charge in [-0.1, -0.05) is 11.6 Å². The highest BCUT2D eigenvalue weighted by Crippen LogP contribution is 2.31. The molecule has 5 rings (SSSR count). The topological polar surface area (TPSA) is 106 Å². The number of aromatic nitrogens is 2. The molecule has 3 aromatic carbocycles. The lowest BCUT2D eigenvalue weighted by Gasteiger charge is -2.23. The first-order valence-corrected chi connectivity index (χ1v) is 16.1. The van der Waals surface area contributed by atoms with Gasteiger partial charge in [0.15, 0.2) is 0 Å². The molecule has 0 fully saturated rings. The van der Waals surface area contributed by atoms with Crippen LogP contribution in [0.3, 0.4) is 0 Å². The number of nitrogens with one attached hydrogen (secondary N) is 2. The molecule has 0 saturated heterocycles. The van der Waals surface area contributed by atoms with Gasteiger partial charge >= 0.3 is 0 Å². The van der Waals surface area contributed by atoms with E-state index < -0.39 is 10.0 Å². The second-order valence-electron chi connectivity index (χ2n) is 10.5. The highest BCUT2D eigenvalue weighted by Gasteiger charge is 2.24. The number of halogens is 1. The number of benzene rings is 3. The van der Waals surface area contributed by atoms with Crippen molar-refractivity contribution in [3.05, 3.63) is 89.2 Å². The third kappa shape index (κ3) is 6.99. The SMILES string of the molecule is COc1ccc(S(=O)(=O)N(CCCNc2ccnc3c(OC)cc(C)cc23)CCNc2cc(C)nc3ccc(Cl)cc23)cc1. The Kier molecular flexibility index (Phi) is 9.73. The van der Waals surface area contributed by atoms with E-state index in [1.165, 1.54) is 4.31 Å². The third-order valence-electron chi connectivity index (χ3n) is 7.35. The Morgan fingerprint density at radius 2 is 1.61 bits per heavy atom. The van der Waals surface area contributed by atoms with E-state index in [1.54, 1.807) is 44.7 Å². The number of hydrogen-bond acceptors (Lipinski definition) is 8. The predicted molar refractivity (Wildman–Crippen MR) is 178 cm³/mol. The number of methoxy groups -OCH3 is 2. The average Bonchev–Trinajstić information content (AvgIpc) is 3.02. The van der Waals surface area contributed by atoms with Crippen molar-refractivity contribution in [2.45, 2.75) is 25.2 Å². The van der Waals surface area contributed by atoms with E-state index >= 15 is 0 Å². The Labute approximate surface area is 263 Å². The van der Waals surface area contributed by atoms with Crippen molar-refractivity contribution < 1.29 is 17.9 Å². The smallest absolute Gasteiger partial charge is 0.243 e. The lowest BCUT2D eigenvalue weighted by Crippen LogP contribution is -2.36. The summed E-state index contributed by atoms with van der Waals surface area (Å²) < 4.78 is 39.9. The van der Waals surface area contributed by atoms with E-state index in [9.17, 15) is 8.42 Å². The minimum atomic E-state index is -3.78. The van der Waals surface area contributed by atoms with Crippen LogP contribution >= 0.6 is 11.6 Å². The number of anilines is 2. The van der Waals surface area contributed by atoms with Crippen LogP contribution in [0.1, 0.15) is 17.7 Å². The summed E-state index contributed by atoms with van der Waals surface area (Å²) in [7, 11) is -0.596. The molecule has 0 atom stereocenters. The van der Waals surface area contributed by atoms with Gasteiger partial charge in [0.25, 0.3) is 0 Å². The molecular formula is C33H36ClN5O4S. The van der Waals surface area contributed by atoms with Gasteiger partial charge in [0.2, 0.25) is 10.0 Å². The van der Waals surface area contributed by atoms with Gasteiger partial charge in [-0.3, -0.25) is 9.97 Å².